The van der Waals surface area contributed by atoms with Crippen LogP contribution in [0.2, 0.25) is 0 Å². The minimum Gasteiger partial charge on any atom is -0.483 e. The Kier molecular flexibility index (Phi) is 5.71. The largest absolute Gasteiger partial charge is 0.483 e. The third kappa shape index (κ3) is 4.54. The Bertz CT molecular complexity index is 572. The fourth-order valence-electron chi connectivity index (χ4n) is 1.86. The van der Waals surface area contributed by atoms with Crippen LogP contribution in [-0.2, 0) is 24.9 Å². The van der Waals surface area contributed by atoms with Gasteiger partial charge in [0, 0.05) is 39.6 Å². The lowest BCUT2D eigenvalue weighted by molar-refractivity contribution is 0.199. The van der Waals surface area contributed by atoms with Gasteiger partial charge in [-0.15, -0.1) is 0 Å². The molecule has 0 atom stereocenters. The molecule has 0 saturated carbocycles. The van der Waals surface area contributed by atoms with Crippen molar-refractivity contribution in [3.8, 4) is 5.75 Å². The van der Waals surface area contributed by atoms with Crippen molar-refractivity contribution < 1.29 is 13.9 Å². The van der Waals surface area contributed by atoms with Crippen molar-refractivity contribution in [1.29, 1.82) is 0 Å². The summed E-state index contributed by atoms with van der Waals surface area (Å²) < 4.78 is 26.2. The molecule has 1 N–H and O–H groups in total. The number of imidazole rings is 1. The molecular formula is C15H20FN3O2. The van der Waals surface area contributed by atoms with Gasteiger partial charge >= 0.3 is 0 Å². The monoisotopic (exact) mass is 293 g/mol. The zero-order chi connectivity index (χ0) is 15.1. The molecule has 0 unspecified atom stereocenters. The molecule has 0 fully saturated rings. The first-order valence-electron chi connectivity index (χ1n) is 6.78. The second-order valence-corrected chi connectivity index (χ2v) is 4.68. The molecule has 2 aromatic rings. The molecule has 1 aromatic heterocycles. The predicted molar refractivity (Wildman–Crippen MR) is 77.5 cm³/mol. The van der Waals surface area contributed by atoms with E-state index < -0.39 is 0 Å². The van der Waals surface area contributed by atoms with Gasteiger partial charge in [-0.3, -0.25) is 0 Å². The number of nitrogens with zero attached hydrogens (tertiary/aromatic N) is 2. The number of benzene rings is 1. The first-order valence-corrected chi connectivity index (χ1v) is 6.78. The fourth-order valence-corrected chi connectivity index (χ4v) is 1.86. The van der Waals surface area contributed by atoms with Crippen LogP contribution in [0.3, 0.4) is 0 Å². The lowest BCUT2D eigenvalue weighted by Crippen LogP contribution is -2.18. The van der Waals surface area contributed by atoms with E-state index in [2.05, 4.69) is 10.3 Å². The van der Waals surface area contributed by atoms with Crippen molar-refractivity contribution in [3.63, 3.8) is 0 Å². The first-order chi connectivity index (χ1) is 10.2. The molecule has 6 heteroatoms. The number of hydrogen-bond acceptors (Lipinski definition) is 4. The summed E-state index contributed by atoms with van der Waals surface area (Å²) >= 11 is 0. The summed E-state index contributed by atoms with van der Waals surface area (Å²) in [4.78, 5) is 4.13. The first kappa shape index (κ1) is 15.5. The van der Waals surface area contributed by atoms with E-state index in [-0.39, 0.29) is 18.2 Å². The second-order valence-electron chi connectivity index (χ2n) is 4.68. The van der Waals surface area contributed by atoms with E-state index in [1.54, 1.807) is 19.4 Å². The van der Waals surface area contributed by atoms with Gasteiger partial charge in [-0.2, -0.15) is 0 Å². The smallest absolute Gasteiger partial charge is 0.165 e. The molecule has 1 heterocycles. The normalized spacial score (nSPS) is 10.8. The van der Waals surface area contributed by atoms with Crippen molar-refractivity contribution in [2.75, 3.05) is 20.3 Å². The summed E-state index contributed by atoms with van der Waals surface area (Å²) in [6.07, 6.45) is 3.51. The molecule has 114 valence electrons. The van der Waals surface area contributed by atoms with Gasteiger partial charge in [0.15, 0.2) is 11.6 Å². The molecule has 0 amide bonds. The highest BCUT2D eigenvalue weighted by Gasteiger charge is 2.07. The van der Waals surface area contributed by atoms with Crippen molar-refractivity contribution in [3.05, 3.63) is 47.8 Å². The molecular weight excluding hydrogens is 273 g/mol. The average molecular weight is 293 g/mol. The molecule has 0 radical (unpaired) electrons. The van der Waals surface area contributed by atoms with E-state index in [9.17, 15) is 4.39 Å². The summed E-state index contributed by atoms with van der Waals surface area (Å²) in [6.45, 7) is 2.20. The van der Waals surface area contributed by atoms with Crippen LogP contribution in [0.5, 0.6) is 5.75 Å². The number of aryl methyl sites for hydroxylation is 1. The maximum atomic E-state index is 14.0. The van der Waals surface area contributed by atoms with E-state index in [1.807, 2.05) is 23.9 Å². The summed E-state index contributed by atoms with van der Waals surface area (Å²) in [5.74, 6) is 0.619. The fraction of sp³-hybridized carbons (Fsp3) is 0.400. The van der Waals surface area contributed by atoms with Gasteiger partial charge < -0.3 is 19.4 Å². The van der Waals surface area contributed by atoms with Crippen molar-refractivity contribution in [2.24, 2.45) is 7.05 Å². The summed E-state index contributed by atoms with van der Waals surface area (Å²) in [5.41, 5.74) is 0.868. The van der Waals surface area contributed by atoms with Gasteiger partial charge in [0.05, 0.1) is 6.61 Å². The summed E-state index contributed by atoms with van der Waals surface area (Å²) in [6, 6.07) is 4.97. The van der Waals surface area contributed by atoms with Crippen LogP contribution in [-0.4, -0.2) is 29.8 Å². The number of halogens is 1. The van der Waals surface area contributed by atoms with E-state index in [1.165, 1.54) is 6.07 Å². The molecule has 0 aliphatic heterocycles. The quantitative estimate of drug-likeness (QED) is 0.755. The number of ether oxygens (including phenoxy) is 2. The molecule has 21 heavy (non-hydrogen) atoms. The molecule has 0 bridgehead atoms. The van der Waals surface area contributed by atoms with Crippen LogP contribution in [0.15, 0.2) is 30.6 Å². The third-order valence-electron chi connectivity index (χ3n) is 3.09. The van der Waals surface area contributed by atoms with Gasteiger partial charge in [0.2, 0.25) is 0 Å². The van der Waals surface area contributed by atoms with Crippen LogP contribution in [0.1, 0.15) is 11.4 Å². The molecule has 0 aliphatic rings. The Balaban J connectivity index is 1.88. The van der Waals surface area contributed by atoms with Gasteiger partial charge in [0.25, 0.3) is 0 Å². The second kappa shape index (κ2) is 7.75. The van der Waals surface area contributed by atoms with E-state index >= 15 is 0 Å². The van der Waals surface area contributed by atoms with Crippen LogP contribution in [0.25, 0.3) is 0 Å². The zero-order valence-corrected chi connectivity index (χ0v) is 12.3. The standard InChI is InChI=1S/C15H20FN3O2/c1-19-7-5-18-15(19)11-21-14-4-3-12(9-13(14)16)10-17-6-8-20-2/h3-5,7,9,17H,6,8,10-11H2,1-2H3. The highest BCUT2D eigenvalue weighted by Crippen LogP contribution is 2.19. The maximum absolute atomic E-state index is 14.0. The predicted octanol–water partition coefficient (Wildman–Crippen LogP) is 1.87. The molecule has 1 aromatic carbocycles. The van der Waals surface area contributed by atoms with Crippen LogP contribution >= 0.6 is 0 Å². The Morgan fingerprint density at radius 3 is 2.90 bits per heavy atom. The van der Waals surface area contributed by atoms with E-state index in [0.29, 0.717) is 13.2 Å². The Hall–Kier alpha value is -1.92. The van der Waals surface area contributed by atoms with Crippen molar-refractivity contribution in [1.82, 2.24) is 14.9 Å². The van der Waals surface area contributed by atoms with Crippen LogP contribution < -0.4 is 10.1 Å². The van der Waals surface area contributed by atoms with Gasteiger partial charge in [-0.05, 0) is 17.7 Å². The summed E-state index contributed by atoms with van der Waals surface area (Å²) in [7, 11) is 3.52. The molecule has 2 rings (SSSR count). The highest BCUT2D eigenvalue weighted by molar-refractivity contribution is 5.29. The lowest BCUT2D eigenvalue weighted by atomic mass is 10.2. The lowest BCUT2D eigenvalue weighted by Gasteiger charge is -2.09. The van der Waals surface area contributed by atoms with Gasteiger partial charge in [-0.1, -0.05) is 6.07 Å². The maximum Gasteiger partial charge on any atom is 0.165 e. The number of methoxy groups -OCH3 is 1. The molecule has 0 spiro atoms. The minimum atomic E-state index is -0.366. The van der Waals surface area contributed by atoms with Crippen molar-refractivity contribution in [2.45, 2.75) is 13.2 Å². The number of rotatable bonds is 8. The number of nitrogens with one attached hydrogen (secondary N) is 1. The highest BCUT2D eigenvalue weighted by atomic mass is 19.1. The average Bonchev–Trinajstić information content (AvgIpc) is 2.88. The zero-order valence-electron chi connectivity index (χ0n) is 12.3. The SMILES string of the molecule is COCCNCc1ccc(OCc2nccn2C)c(F)c1. The van der Waals surface area contributed by atoms with E-state index in [4.69, 9.17) is 9.47 Å². The van der Waals surface area contributed by atoms with E-state index in [0.717, 1.165) is 17.9 Å². The molecule has 0 aliphatic carbocycles. The van der Waals surface area contributed by atoms with Crippen molar-refractivity contribution >= 4 is 0 Å². The van der Waals surface area contributed by atoms with Gasteiger partial charge in [0.1, 0.15) is 12.4 Å². The Morgan fingerprint density at radius 1 is 1.38 bits per heavy atom. The Morgan fingerprint density at radius 2 is 2.24 bits per heavy atom. The summed E-state index contributed by atoms with van der Waals surface area (Å²) in [5, 5.41) is 3.17. The Labute approximate surface area is 123 Å². The number of aromatic nitrogens is 2. The van der Waals surface area contributed by atoms with Gasteiger partial charge in [-0.25, -0.2) is 9.37 Å². The van der Waals surface area contributed by atoms with Crippen LogP contribution in [0.4, 0.5) is 4.39 Å². The number of hydrogen-bond donors (Lipinski definition) is 1. The minimum absolute atomic E-state index is 0.235. The third-order valence-corrected chi connectivity index (χ3v) is 3.09. The van der Waals surface area contributed by atoms with Crippen LogP contribution in [0, 0.1) is 5.82 Å². The molecule has 5 nitrogen and oxygen atoms in total. The molecule has 0 saturated heterocycles. The topological polar surface area (TPSA) is 48.3 Å².